The molecule has 2 N–H and O–H groups in total. The molecule has 17 heavy (non-hydrogen) atoms. The minimum atomic E-state index is -0.564. The summed E-state index contributed by atoms with van der Waals surface area (Å²) in [6.07, 6.45) is 1.24. The van der Waals surface area contributed by atoms with Crippen molar-refractivity contribution in [3.8, 4) is 0 Å². The van der Waals surface area contributed by atoms with E-state index >= 15 is 0 Å². The van der Waals surface area contributed by atoms with Gasteiger partial charge in [-0.1, -0.05) is 0 Å². The summed E-state index contributed by atoms with van der Waals surface area (Å²) in [5, 5.41) is 19.0. The molecule has 0 aliphatic heterocycles. The number of aromatic amines is 1. The van der Waals surface area contributed by atoms with Crippen LogP contribution >= 0.6 is 0 Å². The first kappa shape index (κ1) is 10.8. The van der Waals surface area contributed by atoms with Gasteiger partial charge in [-0.05, 0) is 11.0 Å². The lowest BCUT2D eigenvalue weighted by Gasteiger charge is -2.00. The van der Waals surface area contributed by atoms with Crippen LogP contribution in [0.25, 0.3) is 0 Å². The van der Waals surface area contributed by atoms with E-state index in [4.69, 9.17) is 0 Å². The van der Waals surface area contributed by atoms with Crippen molar-refractivity contribution in [2.24, 2.45) is 7.05 Å². The van der Waals surface area contributed by atoms with Crippen LogP contribution < -0.4 is 5.32 Å². The van der Waals surface area contributed by atoms with Crippen LogP contribution in [0.15, 0.2) is 18.5 Å². The molecule has 2 aromatic rings. The van der Waals surface area contributed by atoms with Crippen LogP contribution in [0.1, 0.15) is 10.5 Å². The molecule has 2 heterocycles. The second-order valence-corrected chi connectivity index (χ2v) is 3.18. The Balaban J connectivity index is 2.23. The molecule has 0 bridgehead atoms. The summed E-state index contributed by atoms with van der Waals surface area (Å²) in [7, 11) is 1.44. The lowest BCUT2D eigenvalue weighted by molar-refractivity contribution is -0.391. The number of carbonyl (C=O) groups excluding carboxylic acids is 1. The standard InChI is InChI=1S/C8H8N6O3/c1-13-5(2-3-6(13)14(16)17)7(15)11-8-9-4-10-12-8/h2-4H,1H3,(H2,9,10,11,12,15). The van der Waals surface area contributed by atoms with Crippen LogP contribution in [0.4, 0.5) is 11.8 Å². The van der Waals surface area contributed by atoms with E-state index in [1.807, 2.05) is 0 Å². The number of hydrogen-bond acceptors (Lipinski definition) is 5. The second kappa shape index (κ2) is 4.04. The summed E-state index contributed by atoms with van der Waals surface area (Å²) < 4.78 is 1.19. The van der Waals surface area contributed by atoms with E-state index in [1.165, 1.54) is 30.1 Å². The van der Waals surface area contributed by atoms with Crippen molar-refractivity contribution >= 4 is 17.7 Å². The third-order valence-electron chi connectivity index (χ3n) is 2.16. The van der Waals surface area contributed by atoms with Gasteiger partial charge in [-0.25, -0.2) is 9.67 Å². The van der Waals surface area contributed by atoms with E-state index < -0.39 is 10.8 Å². The molecule has 0 unspecified atom stereocenters. The smallest absolute Gasteiger partial charge is 0.323 e. The molecule has 0 spiro atoms. The van der Waals surface area contributed by atoms with Gasteiger partial charge in [0.2, 0.25) is 5.95 Å². The largest absolute Gasteiger partial charge is 0.358 e. The van der Waals surface area contributed by atoms with Crippen molar-refractivity contribution in [3.05, 3.63) is 34.3 Å². The Morgan fingerprint density at radius 2 is 2.35 bits per heavy atom. The van der Waals surface area contributed by atoms with Gasteiger partial charge in [0.1, 0.15) is 6.33 Å². The van der Waals surface area contributed by atoms with Crippen LogP contribution in [-0.2, 0) is 7.05 Å². The molecule has 2 rings (SSSR count). The fourth-order valence-electron chi connectivity index (χ4n) is 1.35. The number of aromatic nitrogens is 4. The van der Waals surface area contributed by atoms with E-state index in [0.29, 0.717) is 0 Å². The molecule has 0 aliphatic carbocycles. The van der Waals surface area contributed by atoms with Crippen LogP contribution in [-0.4, -0.2) is 30.6 Å². The summed E-state index contributed by atoms with van der Waals surface area (Å²) in [6, 6.07) is 2.62. The summed E-state index contributed by atoms with van der Waals surface area (Å²) in [4.78, 5) is 25.5. The topological polar surface area (TPSA) is 119 Å². The van der Waals surface area contributed by atoms with Crippen molar-refractivity contribution in [1.82, 2.24) is 19.7 Å². The number of amides is 1. The zero-order chi connectivity index (χ0) is 12.4. The molecule has 88 valence electrons. The fraction of sp³-hybridized carbons (Fsp3) is 0.125. The lowest BCUT2D eigenvalue weighted by atomic mass is 10.4. The minimum Gasteiger partial charge on any atom is -0.358 e. The van der Waals surface area contributed by atoms with Gasteiger partial charge in [-0.3, -0.25) is 10.1 Å². The first-order valence-electron chi connectivity index (χ1n) is 4.56. The third-order valence-corrected chi connectivity index (χ3v) is 2.16. The van der Waals surface area contributed by atoms with Crippen LogP contribution in [0.2, 0.25) is 0 Å². The van der Waals surface area contributed by atoms with Crippen molar-refractivity contribution in [2.45, 2.75) is 0 Å². The predicted octanol–water partition coefficient (Wildman–Crippen LogP) is 0.304. The summed E-state index contributed by atoms with van der Waals surface area (Å²) in [5.74, 6) is -0.482. The molecule has 0 aromatic carbocycles. The molecule has 0 saturated carbocycles. The van der Waals surface area contributed by atoms with E-state index in [-0.39, 0.29) is 17.5 Å². The Morgan fingerprint density at radius 1 is 1.59 bits per heavy atom. The molecule has 9 heteroatoms. The zero-order valence-electron chi connectivity index (χ0n) is 8.75. The quantitative estimate of drug-likeness (QED) is 0.586. The van der Waals surface area contributed by atoms with Crippen molar-refractivity contribution in [2.75, 3.05) is 5.32 Å². The van der Waals surface area contributed by atoms with E-state index in [1.54, 1.807) is 0 Å². The summed E-state index contributed by atoms with van der Waals surface area (Å²) >= 11 is 0. The molecule has 0 fully saturated rings. The number of nitro groups is 1. The number of anilines is 1. The minimum absolute atomic E-state index is 0.160. The van der Waals surface area contributed by atoms with Gasteiger partial charge in [-0.2, -0.15) is 10.1 Å². The molecular formula is C8H8N6O3. The van der Waals surface area contributed by atoms with Crippen LogP contribution in [0.5, 0.6) is 0 Å². The molecule has 0 atom stereocenters. The maximum absolute atomic E-state index is 11.7. The fourth-order valence-corrected chi connectivity index (χ4v) is 1.35. The highest BCUT2D eigenvalue weighted by Crippen LogP contribution is 2.15. The molecule has 0 saturated heterocycles. The zero-order valence-corrected chi connectivity index (χ0v) is 8.75. The first-order chi connectivity index (χ1) is 8.09. The SMILES string of the molecule is Cn1c(C(=O)Nc2ncn[nH]2)ccc1[N+](=O)[O-]. The van der Waals surface area contributed by atoms with E-state index in [0.717, 1.165) is 0 Å². The number of carbonyl (C=O) groups is 1. The predicted molar refractivity (Wildman–Crippen MR) is 56.4 cm³/mol. The molecule has 0 radical (unpaired) electrons. The molecular weight excluding hydrogens is 228 g/mol. The van der Waals surface area contributed by atoms with Crippen LogP contribution in [0.3, 0.4) is 0 Å². The number of nitrogens with one attached hydrogen (secondary N) is 2. The first-order valence-corrected chi connectivity index (χ1v) is 4.56. The Hall–Kier alpha value is -2.71. The molecule has 0 aliphatic rings. The molecule has 2 aromatic heterocycles. The average molecular weight is 236 g/mol. The number of nitrogens with zero attached hydrogens (tertiary/aromatic N) is 4. The lowest BCUT2D eigenvalue weighted by Crippen LogP contribution is -2.17. The van der Waals surface area contributed by atoms with Gasteiger partial charge in [0.15, 0.2) is 5.69 Å². The molecule has 1 amide bonds. The highest BCUT2D eigenvalue weighted by Gasteiger charge is 2.20. The normalized spacial score (nSPS) is 10.2. The highest BCUT2D eigenvalue weighted by molar-refractivity contribution is 6.02. The Labute approximate surface area is 94.6 Å². The van der Waals surface area contributed by atoms with Crippen LogP contribution in [0, 0.1) is 10.1 Å². The second-order valence-electron chi connectivity index (χ2n) is 3.18. The molecule has 9 nitrogen and oxygen atoms in total. The number of rotatable bonds is 3. The van der Waals surface area contributed by atoms with Gasteiger partial charge in [0, 0.05) is 6.07 Å². The van der Waals surface area contributed by atoms with Gasteiger partial charge < -0.3 is 10.1 Å². The maximum atomic E-state index is 11.7. The van der Waals surface area contributed by atoms with Gasteiger partial charge in [0.25, 0.3) is 5.91 Å². The highest BCUT2D eigenvalue weighted by atomic mass is 16.6. The maximum Gasteiger partial charge on any atom is 0.323 e. The Morgan fingerprint density at radius 3 is 2.88 bits per heavy atom. The Bertz CT molecular complexity index is 558. The number of H-pyrrole nitrogens is 1. The summed E-state index contributed by atoms with van der Waals surface area (Å²) in [6.45, 7) is 0. The average Bonchev–Trinajstić information content (AvgIpc) is 2.86. The van der Waals surface area contributed by atoms with Crippen molar-refractivity contribution in [3.63, 3.8) is 0 Å². The van der Waals surface area contributed by atoms with Crippen molar-refractivity contribution in [1.29, 1.82) is 0 Å². The van der Waals surface area contributed by atoms with Crippen molar-refractivity contribution < 1.29 is 9.72 Å². The van der Waals surface area contributed by atoms with Gasteiger partial charge in [0.05, 0.1) is 7.05 Å². The van der Waals surface area contributed by atoms with Gasteiger partial charge in [-0.15, -0.1) is 0 Å². The Kier molecular flexibility index (Phi) is 2.57. The number of hydrogen-bond donors (Lipinski definition) is 2. The third kappa shape index (κ3) is 1.97. The monoisotopic (exact) mass is 236 g/mol. The van der Waals surface area contributed by atoms with E-state index in [9.17, 15) is 14.9 Å². The van der Waals surface area contributed by atoms with E-state index in [2.05, 4.69) is 20.5 Å². The summed E-state index contributed by atoms with van der Waals surface area (Å²) in [5.41, 5.74) is 0.160. The van der Waals surface area contributed by atoms with Gasteiger partial charge >= 0.3 is 5.82 Å².